The van der Waals surface area contributed by atoms with Crippen molar-refractivity contribution >= 4 is 76.6 Å². The number of furan rings is 1. The fourth-order valence-corrected chi connectivity index (χ4v) is 17.1. The predicted molar refractivity (Wildman–Crippen MR) is 427 cm³/mol. The van der Waals surface area contributed by atoms with Crippen LogP contribution >= 0.6 is 0 Å². The van der Waals surface area contributed by atoms with E-state index in [1.165, 1.54) is 167 Å². The lowest BCUT2D eigenvalue weighted by Crippen LogP contribution is -2.21. The van der Waals surface area contributed by atoms with Crippen molar-refractivity contribution in [2.75, 3.05) is 0 Å². The Labute approximate surface area is 599 Å². The highest BCUT2D eigenvalue weighted by molar-refractivity contribution is 6.08. The van der Waals surface area contributed by atoms with Crippen LogP contribution in [0.1, 0.15) is 203 Å². The molecule has 101 heavy (non-hydrogen) atoms. The highest BCUT2D eigenvalue weighted by atomic mass is 16.3. The SMILES string of the molecule is CC(C)(C)c1c2c(nc3ccccc13)-c1ccccc1CC2.CC(C)(C)c1c2c(nc3ccccc13)-c1cccn1CC2.CC(C)(C)c1c2c(nc3ccccc13)CCCC2.CC(C)(C)c1c2c(nc3ccccc13)CCCCC2.CC(C)(C)c1c2ccccc2nc2c1oc1ccccc12. The summed E-state index contributed by atoms with van der Waals surface area (Å²) in [5.41, 5.74) is 31.3. The zero-order valence-electron chi connectivity index (χ0n) is 62.7. The predicted octanol–water partition coefficient (Wildman–Crippen LogP) is 24.5. The summed E-state index contributed by atoms with van der Waals surface area (Å²) >= 11 is 0. The van der Waals surface area contributed by atoms with Crippen LogP contribution in [0.3, 0.4) is 0 Å². The summed E-state index contributed by atoms with van der Waals surface area (Å²) in [7, 11) is 0. The van der Waals surface area contributed by atoms with Gasteiger partial charge >= 0.3 is 0 Å². The third-order valence-electron chi connectivity index (χ3n) is 21.1. The largest absolute Gasteiger partial charge is 0.454 e. The van der Waals surface area contributed by atoms with E-state index in [0.717, 1.165) is 77.3 Å². The second-order valence-electron chi connectivity index (χ2n) is 33.8. The summed E-state index contributed by atoms with van der Waals surface area (Å²) in [5, 5.41) is 7.60. The van der Waals surface area contributed by atoms with Gasteiger partial charge < -0.3 is 8.98 Å². The molecule has 0 fully saturated rings. The highest BCUT2D eigenvalue weighted by Crippen LogP contribution is 2.45. The Bertz CT molecular complexity index is 5430. The van der Waals surface area contributed by atoms with Crippen molar-refractivity contribution in [1.82, 2.24) is 29.5 Å². The standard InChI is InChI=1S/C21H21N.C19H20N2.C19H17NO.C18H23N.C17H21N/c1-21(2,3)19-16-10-6-7-11-18(16)22-20-15-9-5-4-8-14(15)12-13-17(19)20;1-19(2,3)17-13-7-4-5-8-15(13)20-18-14(17)10-12-21-11-6-9-16(18)21;1-19(2,3)16-12-8-4-6-10-14(12)20-17-13-9-5-7-11-15(13)21-18(16)17;1-18(2,3)17-13-9-5-4-6-11-15(13)19-16-12-8-7-10-14(16)17;1-17(2,3)16-12-8-4-6-10-14(12)18-15-11-7-5-9-13(15)16/h4-11H,12-13H2,1-3H3;4-9,11H,10,12H2,1-3H3;4-11H,1-3H3;7-8,10,12H,4-6,9,11H2,1-3H3;4,6,8,10H,5,7,9,11H2,1-3H3. The van der Waals surface area contributed by atoms with E-state index in [-0.39, 0.29) is 27.1 Å². The molecule has 0 saturated carbocycles. The molecule has 7 aromatic heterocycles. The van der Waals surface area contributed by atoms with Crippen LogP contribution < -0.4 is 0 Å². The van der Waals surface area contributed by atoms with Gasteiger partial charge in [-0.2, -0.15) is 0 Å². The molecule has 3 aliphatic carbocycles. The van der Waals surface area contributed by atoms with Gasteiger partial charge in [0.25, 0.3) is 0 Å². The van der Waals surface area contributed by atoms with Crippen molar-refractivity contribution in [2.24, 2.45) is 0 Å². The Morgan fingerprint density at radius 1 is 0.307 bits per heavy atom. The van der Waals surface area contributed by atoms with E-state index >= 15 is 0 Å². The van der Waals surface area contributed by atoms with Gasteiger partial charge in [-0.3, -0.25) is 9.97 Å². The molecule has 1 aliphatic heterocycles. The molecule has 0 N–H and O–H groups in total. The zero-order valence-corrected chi connectivity index (χ0v) is 62.7. The van der Waals surface area contributed by atoms with Gasteiger partial charge in [0.15, 0.2) is 5.58 Å². The molecule has 514 valence electrons. The fraction of sp³-hybridized carbons (Fsp3) is 0.351. The minimum absolute atomic E-state index is 0.00529. The van der Waals surface area contributed by atoms with Gasteiger partial charge in [0.05, 0.1) is 44.7 Å². The number of hydrogen-bond donors (Lipinski definition) is 0. The summed E-state index contributed by atoms with van der Waals surface area (Å²) in [6, 6.07) is 63.9. The number of aryl methyl sites for hydroxylation is 4. The molecule has 14 aromatic rings. The van der Waals surface area contributed by atoms with Crippen LogP contribution in [0.2, 0.25) is 0 Å². The van der Waals surface area contributed by atoms with Gasteiger partial charge in [-0.1, -0.05) is 238 Å². The van der Waals surface area contributed by atoms with Gasteiger partial charge in [0.2, 0.25) is 0 Å². The van der Waals surface area contributed by atoms with E-state index in [9.17, 15) is 0 Å². The number of hydrogen-bond acceptors (Lipinski definition) is 6. The Morgan fingerprint density at radius 2 is 0.693 bits per heavy atom. The average molecular weight is 1330 g/mol. The van der Waals surface area contributed by atoms with Gasteiger partial charge in [0, 0.05) is 67.6 Å². The monoisotopic (exact) mass is 1330 g/mol. The van der Waals surface area contributed by atoms with E-state index in [1.54, 1.807) is 5.56 Å². The Morgan fingerprint density at radius 3 is 1.21 bits per heavy atom. The molecular weight excluding hydrogens is 1230 g/mol. The third kappa shape index (κ3) is 13.6. The fourth-order valence-electron chi connectivity index (χ4n) is 17.1. The minimum atomic E-state index is -0.00529. The summed E-state index contributed by atoms with van der Waals surface area (Å²) in [4.78, 5) is 24.7. The molecule has 7 heteroatoms. The number of fused-ring (bicyclic) bond motifs is 16. The smallest absolute Gasteiger partial charge is 0.158 e. The number of rotatable bonds is 0. The van der Waals surface area contributed by atoms with Crippen molar-refractivity contribution in [3.8, 4) is 22.6 Å². The normalized spacial score (nSPS) is 14.4. The molecule has 0 amide bonds. The Hall–Kier alpha value is -9.33. The molecule has 0 spiro atoms. The summed E-state index contributed by atoms with van der Waals surface area (Å²) in [5.74, 6) is 0. The van der Waals surface area contributed by atoms with Crippen LogP contribution in [0.25, 0.3) is 99.2 Å². The van der Waals surface area contributed by atoms with Crippen molar-refractivity contribution in [2.45, 2.75) is 215 Å². The first-order chi connectivity index (χ1) is 48.3. The second-order valence-corrected chi connectivity index (χ2v) is 33.8. The van der Waals surface area contributed by atoms with Crippen LogP contribution in [0, 0.1) is 0 Å². The molecule has 0 saturated heterocycles. The lowest BCUT2D eigenvalue weighted by molar-refractivity contribution is 0.570. The van der Waals surface area contributed by atoms with Gasteiger partial charge in [-0.25, -0.2) is 15.0 Å². The molecule has 8 heterocycles. The zero-order chi connectivity index (χ0) is 70.8. The Balaban J connectivity index is 0.000000107. The van der Waals surface area contributed by atoms with Gasteiger partial charge in [-0.15, -0.1) is 0 Å². The lowest BCUT2D eigenvalue weighted by Gasteiger charge is -2.29. The summed E-state index contributed by atoms with van der Waals surface area (Å²) in [6.07, 6.45) is 16.7. The average Bonchev–Trinajstić information content (AvgIpc) is 1.57. The molecule has 0 atom stereocenters. The number of aromatic nitrogens is 6. The first-order valence-corrected chi connectivity index (χ1v) is 37.4. The maximum Gasteiger partial charge on any atom is 0.158 e. The maximum atomic E-state index is 6.16. The topological polar surface area (TPSA) is 82.5 Å². The van der Waals surface area contributed by atoms with E-state index in [0.29, 0.717) is 0 Å². The van der Waals surface area contributed by atoms with Crippen LogP contribution in [-0.4, -0.2) is 29.5 Å². The van der Waals surface area contributed by atoms with Crippen molar-refractivity contribution in [3.63, 3.8) is 0 Å². The second kappa shape index (κ2) is 27.2. The Kier molecular flexibility index (Phi) is 18.5. The van der Waals surface area contributed by atoms with E-state index < -0.39 is 0 Å². The first kappa shape index (κ1) is 68.8. The molecule has 18 rings (SSSR count). The van der Waals surface area contributed by atoms with Crippen LogP contribution in [0.4, 0.5) is 0 Å². The summed E-state index contributed by atoms with van der Waals surface area (Å²) < 4.78 is 8.47. The molecule has 0 radical (unpaired) electrons. The maximum absolute atomic E-state index is 6.16. The van der Waals surface area contributed by atoms with E-state index in [1.807, 2.05) is 24.3 Å². The molecule has 0 unspecified atom stereocenters. The molecule has 7 nitrogen and oxygen atoms in total. The van der Waals surface area contributed by atoms with Gasteiger partial charge in [0.1, 0.15) is 11.1 Å². The van der Waals surface area contributed by atoms with Gasteiger partial charge in [-0.05, 0) is 202 Å². The molecule has 7 aromatic carbocycles. The van der Waals surface area contributed by atoms with Crippen LogP contribution in [0.5, 0.6) is 0 Å². The van der Waals surface area contributed by atoms with Crippen molar-refractivity contribution in [1.29, 1.82) is 0 Å². The number of para-hydroxylation sites is 6. The van der Waals surface area contributed by atoms with E-state index in [2.05, 4.69) is 272 Å². The number of nitrogens with zero attached hydrogens (tertiary/aromatic N) is 6. The van der Waals surface area contributed by atoms with Crippen LogP contribution in [0.15, 0.2) is 193 Å². The number of pyridine rings is 5. The van der Waals surface area contributed by atoms with Crippen LogP contribution in [-0.2, 0) is 78.6 Å². The lowest BCUT2D eigenvalue weighted by atomic mass is 9.76. The molecular formula is C94H102N6O. The number of benzene rings is 7. The highest BCUT2D eigenvalue weighted by Gasteiger charge is 2.32. The van der Waals surface area contributed by atoms with Crippen molar-refractivity contribution < 1.29 is 4.42 Å². The molecule has 0 bridgehead atoms. The first-order valence-electron chi connectivity index (χ1n) is 37.4. The van der Waals surface area contributed by atoms with E-state index in [4.69, 9.17) is 29.3 Å². The van der Waals surface area contributed by atoms with Crippen molar-refractivity contribution in [3.05, 3.63) is 255 Å². The summed E-state index contributed by atoms with van der Waals surface area (Å²) in [6.45, 7) is 35.6. The quantitative estimate of drug-likeness (QED) is 0.141. The minimum Gasteiger partial charge on any atom is -0.454 e. The molecule has 4 aliphatic rings. The third-order valence-corrected chi connectivity index (χ3v) is 21.1.